The van der Waals surface area contributed by atoms with Gasteiger partial charge >= 0.3 is 7.32 Å². The molecule has 0 aliphatic carbocycles. The fraction of sp³-hybridized carbons (Fsp3) is 1.00. The minimum absolute atomic E-state index is 0. The van der Waals surface area contributed by atoms with Gasteiger partial charge in [0, 0.05) is 7.11 Å². The standard InChI is InChI=1S/CH5BO3.ClH/c1-5-2(3)4;/h3-4H,1H3;1H. The molecule has 6 heavy (non-hydrogen) atoms. The van der Waals surface area contributed by atoms with Crippen LogP contribution in [0.3, 0.4) is 0 Å². The Bertz CT molecular complexity index is 24.8. The first-order valence-corrected chi connectivity index (χ1v) is 1.16. The minimum Gasteiger partial charge on any atom is -0.402 e. The number of hydrogen-bond donors (Lipinski definition) is 2. The molecular weight excluding hydrogens is 106 g/mol. The van der Waals surface area contributed by atoms with E-state index in [9.17, 15) is 0 Å². The molecule has 0 fully saturated rings. The molecule has 0 radical (unpaired) electrons. The Labute approximate surface area is 42.5 Å². The van der Waals surface area contributed by atoms with E-state index >= 15 is 0 Å². The fourth-order valence-electron chi connectivity index (χ4n) is 0. The van der Waals surface area contributed by atoms with Gasteiger partial charge in [0.1, 0.15) is 0 Å². The van der Waals surface area contributed by atoms with Gasteiger partial charge in [-0.25, -0.2) is 0 Å². The third-order valence-electron chi connectivity index (χ3n) is 0.211. The predicted octanol–water partition coefficient (Wildman–Crippen LogP) is -0.976. The van der Waals surface area contributed by atoms with Crippen LogP contribution in [0.2, 0.25) is 0 Å². The van der Waals surface area contributed by atoms with Crippen molar-refractivity contribution in [1.29, 1.82) is 0 Å². The third-order valence-corrected chi connectivity index (χ3v) is 0.211. The molecule has 0 aliphatic rings. The van der Waals surface area contributed by atoms with Gasteiger partial charge in [-0.15, -0.1) is 12.4 Å². The molecule has 0 spiro atoms. The largest absolute Gasteiger partial charge is 0.633 e. The first-order valence-electron chi connectivity index (χ1n) is 1.16. The molecular formula is CH6BClO3. The molecule has 0 atom stereocenters. The van der Waals surface area contributed by atoms with Gasteiger partial charge in [-0.2, -0.15) is 0 Å². The molecule has 0 rings (SSSR count). The highest BCUT2D eigenvalue weighted by molar-refractivity contribution is 6.32. The molecule has 0 saturated carbocycles. The van der Waals surface area contributed by atoms with Gasteiger partial charge in [-0.05, 0) is 0 Å². The summed E-state index contributed by atoms with van der Waals surface area (Å²) in [5.74, 6) is 0. The van der Waals surface area contributed by atoms with Crippen molar-refractivity contribution in [2.24, 2.45) is 0 Å². The van der Waals surface area contributed by atoms with E-state index in [1.807, 2.05) is 0 Å². The van der Waals surface area contributed by atoms with Gasteiger partial charge in [-0.3, -0.25) is 0 Å². The van der Waals surface area contributed by atoms with Crippen molar-refractivity contribution in [2.45, 2.75) is 0 Å². The van der Waals surface area contributed by atoms with E-state index in [2.05, 4.69) is 4.65 Å². The second-order valence-electron chi connectivity index (χ2n) is 0.562. The number of hydrogen-bond acceptors (Lipinski definition) is 3. The molecule has 0 saturated heterocycles. The molecule has 2 N–H and O–H groups in total. The van der Waals surface area contributed by atoms with Crippen LogP contribution in [0.15, 0.2) is 0 Å². The van der Waals surface area contributed by atoms with E-state index in [-0.39, 0.29) is 12.4 Å². The van der Waals surface area contributed by atoms with E-state index in [0.717, 1.165) is 0 Å². The average molecular weight is 112 g/mol. The summed E-state index contributed by atoms with van der Waals surface area (Å²) in [5.41, 5.74) is 0. The zero-order valence-corrected chi connectivity index (χ0v) is 4.10. The van der Waals surface area contributed by atoms with Crippen LogP contribution in [-0.4, -0.2) is 24.5 Å². The molecule has 0 aromatic heterocycles. The maximum Gasteiger partial charge on any atom is 0.633 e. The van der Waals surface area contributed by atoms with Crippen LogP contribution >= 0.6 is 12.4 Å². The highest BCUT2D eigenvalue weighted by atomic mass is 35.5. The van der Waals surface area contributed by atoms with Crippen molar-refractivity contribution in [3.63, 3.8) is 0 Å². The zero-order valence-electron chi connectivity index (χ0n) is 3.29. The monoisotopic (exact) mass is 112 g/mol. The molecule has 5 heteroatoms. The van der Waals surface area contributed by atoms with Gasteiger partial charge < -0.3 is 14.7 Å². The molecule has 0 aromatic rings. The van der Waals surface area contributed by atoms with Crippen molar-refractivity contribution in [3.8, 4) is 0 Å². The Balaban J connectivity index is 0. The van der Waals surface area contributed by atoms with E-state index in [1.165, 1.54) is 7.11 Å². The van der Waals surface area contributed by atoms with Gasteiger partial charge in [-0.1, -0.05) is 0 Å². The van der Waals surface area contributed by atoms with Gasteiger partial charge in [0.2, 0.25) is 0 Å². The summed E-state index contributed by atoms with van der Waals surface area (Å²) in [7, 11) is -0.417. The molecule has 0 unspecified atom stereocenters. The Morgan fingerprint density at radius 1 is 1.50 bits per heavy atom. The van der Waals surface area contributed by atoms with Crippen LogP contribution in [0.1, 0.15) is 0 Å². The average Bonchev–Trinajstić information content (AvgIpc) is 1.38. The van der Waals surface area contributed by atoms with Crippen LogP contribution in [0, 0.1) is 0 Å². The van der Waals surface area contributed by atoms with Gasteiger partial charge in [0.15, 0.2) is 0 Å². The van der Waals surface area contributed by atoms with Crippen LogP contribution in [0.25, 0.3) is 0 Å². The van der Waals surface area contributed by atoms with Gasteiger partial charge in [0.25, 0.3) is 0 Å². The zero-order chi connectivity index (χ0) is 4.28. The fourth-order valence-corrected chi connectivity index (χ4v) is 0. The summed E-state index contributed by atoms with van der Waals surface area (Å²) in [6, 6.07) is 0. The maximum atomic E-state index is 7.69. The maximum absolute atomic E-state index is 7.69. The molecule has 3 nitrogen and oxygen atoms in total. The van der Waals surface area contributed by atoms with Crippen molar-refractivity contribution in [3.05, 3.63) is 0 Å². The Morgan fingerprint density at radius 2 is 1.67 bits per heavy atom. The first kappa shape index (κ1) is 9.53. The topological polar surface area (TPSA) is 49.7 Å². The van der Waals surface area contributed by atoms with E-state index in [4.69, 9.17) is 10.0 Å². The lowest BCUT2D eigenvalue weighted by molar-refractivity contribution is 0.229. The lowest BCUT2D eigenvalue weighted by atomic mass is 10.3. The lowest BCUT2D eigenvalue weighted by Crippen LogP contribution is -2.12. The van der Waals surface area contributed by atoms with E-state index < -0.39 is 7.32 Å². The molecule has 0 amide bonds. The third kappa shape index (κ3) is 8.87. The summed E-state index contributed by atoms with van der Waals surface area (Å²) in [6.45, 7) is 0. The van der Waals surface area contributed by atoms with Crippen LogP contribution in [0.5, 0.6) is 0 Å². The van der Waals surface area contributed by atoms with E-state index in [0.29, 0.717) is 0 Å². The van der Waals surface area contributed by atoms with Gasteiger partial charge in [0.05, 0.1) is 0 Å². The van der Waals surface area contributed by atoms with Crippen LogP contribution in [0.4, 0.5) is 0 Å². The van der Waals surface area contributed by atoms with Crippen molar-refractivity contribution in [2.75, 3.05) is 7.11 Å². The van der Waals surface area contributed by atoms with Crippen molar-refractivity contribution in [1.82, 2.24) is 0 Å². The van der Waals surface area contributed by atoms with Crippen LogP contribution in [-0.2, 0) is 4.65 Å². The second-order valence-corrected chi connectivity index (χ2v) is 0.562. The SMILES string of the molecule is COB(O)O.Cl. The lowest BCUT2D eigenvalue weighted by Gasteiger charge is -1.84. The van der Waals surface area contributed by atoms with E-state index in [1.54, 1.807) is 0 Å². The summed E-state index contributed by atoms with van der Waals surface area (Å²) < 4.78 is 3.86. The summed E-state index contributed by atoms with van der Waals surface area (Å²) in [4.78, 5) is 0. The number of halogens is 1. The predicted molar refractivity (Wildman–Crippen MR) is 24.4 cm³/mol. The highest BCUT2D eigenvalue weighted by Crippen LogP contribution is 1.59. The minimum atomic E-state index is -1.62. The molecule has 0 heterocycles. The molecule has 0 bridgehead atoms. The van der Waals surface area contributed by atoms with Crippen molar-refractivity contribution >= 4 is 19.7 Å². The number of rotatable bonds is 1. The van der Waals surface area contributed by atoms with Crippen molar-refractivity contribution < 1.29 is 14.7 Å². The Morgan fingerprint density at radius 3 is 1.67 bits per heavy atom. The summed E-state index contributed by atoms with van der Waals surface area (Å²) >= 11 is 0. The summed E-state index contributed by atoms with van der Waals surface area (Å²) in [6.07, 6.45) is 0. The summed E-state index contributed by atoms with van der Waals surface area (Å²) in [5, 5.41) is 15.4. The Hall–Kier alpha value is 0.235. The quantitative estimate of drug-likeness (QED) is 0.429. The molecule has 38 valence electrons. The highest BCUT2D eigenvalue weighted by Gasteiger charge is 2.00. The molecule has 0 aromatic carbocycles. The first-order chi connectivity index (χ1) is 2.27. The normalized spacial score (nSPS) is 6.50. The molecule has 0 aliphatic heterocycles. The smallest absolute Gasteiger partial charge is 0.402 e. The second kappa shape index (κ2) is 5.23. The van der Waals surface area contributed by atoms with Crippen LogP contribution < -0.4 is 0 Å². The Kier molecular flexibility index (Phi) is 8.31.